The fourth-order valence-electron chi connectivity index (χ4n) is 2.93. The maximum absolute atomic E-state index is 11.5. The molecule has 0 atom stereocenters. The van der Waals surface area contributed by atoms with Crippen molar-refractivity contribution in [2.75, 3.05) is 26.2 Å². The highest BCUT2D eigenvalue weighted by Crippen LogP contribution is 2.22. The lowest BCUT2D eigenvalue weighted by Gasteiger charge is -2.20. The largest absolute Gasteiger partial charge is 0.441 e. The summed E-state index contributed by atoms with van der Waals surface area (Å²) in [6.07, 6.45) is 1.00. The van der Waals surface area contributed by atoms with Gasteiger partial charge in [-0.15, -0.1) is 0 Å². The second-order valence-corrected chi connectivity index (χ2v) is 6.02. The van der Waals surface area contributed by atoms with Gasteiger partial charge >= 0.3 is 0 Å². The molecular weight excluding hydrogens is 290 g/mol. The van der Waals surface area contributed by atoms with Gasteiger partial charge in [-0.25, -0.2) is 4.98 Å². The quantitative estimate of drug-likeness (QED) is 0.874. The molecule has 122 valence electrons. The van der Waals surface area contributed by atoms with E-state index in [-0.39, 0.29) is 5.91 Å². The molecule has 23 heavy (non-hydrogen) atoms. The van der Waals surface area contributed by atoms with E-state index in [4.69, 9.17) is 4.42 Å². The molecule has 0 spiro atoms. The number of carbonyl (C=O) groups excluding carboxylic acids is 1. The van der Waals surface area contributed by atoms with E-state index in [9.17, 15) is 4.79 Å². The van der Waals surface area contributed by atoms with Gasteiger partial charge in [0.05, 0.1) is 5.69 Å². The SMILES string of the molecule is CC(=O)N1CCCN(Cc2nc(-c3ccccc3)oc2C)CC1. The molecule has 1 fully saturated rings. The molecule has 0 unspecified atom stereocenters. The molecule has 1 aromatic carbocycles. The van der Waals surface area contributed by atoms with E-state index in [0.717, 1.165) is 56.2 Å². The van der Waals surface area contributed by atoms with Gasteiger partial charge < -0.3 is 9.32 Å². The Morgan fingerprint density at radius 3 is 2.70 bits per heavy atom. The highest BCUT2D eigenvalue weighted by atomic mass is 16.4. The number of amides is 1. The number of hydrogen-bond donors (Lipinski definition) is 0. The average molecular weight is 313 g/mol. The molecule has 1 aromatic heterocycles. The lowest BCUT2D eigenvalue weighted by Crippen LogP contribution is -2.33. The Morgan fingerprint density at radius 2 is 1.96 bits per heavy atom. The molecule has 2 aromatic rings. The van der Waals surface area contributed by atoms with Crippen molar-refractivity contribution in [3.05, 3.63) is 41.8 Å². The van der Waals surface area contributed by atoms with Gasteiger partial charge in [0, 0.05) is 45.2 Å². The fraction of sp³-hybridized carbons (Fsp3) is 0.444. The topological polar surface area (TPSA) is 49.6 Å². The van der Waals surface area contributed by atoms with Gasteiger partial charge in [-0.2, -0.15) is 0 Å². The van der Waals surface area contributed by atoms with Gasteiger partial charge in [-0.1, -0.05) is 18.2 Å². The zero-order valence-electron chi connectivity index (χ0n) is 13.8. The molecule has 1 amide bonds. The Bertz CT molecular complexity index is 666. The van der Waals surface area contributed by atoms with Crippen molar-refractivity contribution in [2.24, 2.45) is 0 Å². The van der Waals surface area contributed by atoms with E-state index in [1.807, 2.05) is 42.2 Å². The number of oxazole rings is 1. The van der Waals surface area contributed by atoms with Crippen LogP contribution < -0.4 is 0 Å². The molecule has 0 radical (unpaired) electrons. The Kier molecular flexibility index (Phi) is 4.76. The summed E-state index contributed by atoms with van der Waals surface area (Å²) in [6.45, 7) is 7.88. The van der Waals surface area contributed by atoms with Gasteiger partial charge in [0.2, 0.25) is 11.8 Å². The van der Waals surface area contributed by atoms with Crippen LogP contribution in [-0.4, -0.2) is 46.9 Å². The predicted octanol–water partition coefficient (Wildman–Crippen LogP) is 2.70. The third-order valence-corrected chi connectivity index (χ3v) is 4.32. The third kappa shape index (κ3) is 3.79. The second kappa shape index (κ2) is 6.96. The fourth-order valence-corrected chi connectivity index (χ4v) is 2.93. The van der Waals surface area contributed by atoms with Crippen molar-refractivity contribution in [3.63, 3.8) is 0 Å². The molecule has 5 heteroatoms. The standard InChI is InChI=1S/C18H23N3O2/c1-14-17(19-18(23-14)16-7-4-3-5-8-16)13-20-9-6-10-21(12-11-20)15(2)22/h3-5,7-8H,6,9-13H2,1-2H3. The van der Waals surface area contributed by atoms with Crippen LogP contribution in [-0.2, 0) is 11.3 Å². The molecule has 0 N–H and O–H groups in total. The molecule has 0 bridgehead atoms. The predicted molar refractivity (Wildman–Crippen MR) is 88.8 cm³/mol. The summed E-state index contributed by atoms with van der Waals surface area (Å²) in [5.41, 5.74) is 1.99. The molecule has 2 heterocycles. The first-order valence-corrected chi connectivity index (χ1v) is 8.13. The van der Waals surface area contributed by atoms with Crippen molar-refractivity contribution >= 4 is 5.91 Å². The maximum atomic E-state index is 11.5. The van der Waals surface area contributed by atoms with Crippen molar-refractivity contribution < 1.29 is 9.21 Å². The summed E-state index contributed by atoms with van der Waals surface area (Å²) >= 11 is 0. The minimum Gasteiger partial charge on any atom is -0.441 e. The van der Waals surface area contributed by atoms with E-state index in [2.05, 4.69) is 9.88 Å². The van der Waals surface area contributed by atoms with Crippen molar-refractivity contribution in [1.29, 1.82) is 0 Å². The van der Waals surface area contributed by atoms with Gasteiger partial charge in [0.25, 0.3) is 0 Å². The first kappa shape index (κ1) is 15.7. The highest BCUT2D eigenvalue weighted by molar-refractivity contribution is 5.73. The number of benzene rings is 1. The number of aryl methyl sites for hydroxylation is 1. The maximum Gasteiger partial charge on any atom is 0.226 e. The second-order valence-electron chi connectivity index (χ2n) is 6.02. The van der Waals surface area contributed by atoms with Crippen LogP contribution in [0.3, 0.4) is 0 Å². The van der Waals surface area contributed by atoms with Gasteiger partial charge in [-0.05, 0) is 25.5 Å². The smallest absolute Gasteiger partial charge is 0.226 e. The molecule has 0 aliphatic carbocycles. The lowest BCUT2D eigenvalue weighted by atomic mass is 10.2. The number of nitrogens with zero attached hydrogens (tertiary/aromatic N) is 3. The molecule has 1 aliphatic rings. The average Bonchev–Trinajstić information content (AvgIpc) is 2.76. The van der Waals surface area contributed by atoms with E-state index in [0.29, 0.717) is 5.89 Å². The van der Waals surface area contributed by atoms with E-state index >= 15 is 0 Å². The zero-order chi connectivity index (χ0) is 16.2. The van der Waals surface area contributed by atoms with Crippen LogP contribution in [0, 0.1) is 6.92 Å². The minimum atomic E-state index is 0.163. The molecule has 1 aliphatic heterocycles. The Hall–Kier alpha value is -2.14. The van der Waals surface area contributed by atoms with Crippen molar-refractivity contribution in [1.82, 2.24) is 14.8 Å². The Morgan fingerprint density at radius 1 is 1.17 bits per heavy atom. The Labute approximate surface area is 136 Å². The minimum absolute atomic E-state index is 0.163. The monoisotopic (exact) mass is 313 g/mol. The highest BCUT2D eigenvalue weighted by Gasteiger charge is 2.19. The van der Waals surface area contributed by atoms with Crippen LogP contribution >= 0.6 is 0 Å². The Balaban J connectivity index is 1.69. The third-order valence-electron chi connectivity index (χ3n) is 4.32. The van der Waals surface area contributed by atoms with Crippen LogP contribution in [0.4, 0.5) is 0 Å². The molecular formula is C18H23N3O2. The molecule has 5 nitrogen and oxygen atoms in total. The summed E-state index contributed by atoms with van der Waals surface area (Å²) in [7, 11) is 0. The number of rotatable bonds is 3. The van der Waals surface area contributed by atoms with Crippen LogP contribution in [0.2, 0.25) is 0 Å². The first-order valence-electron chi connectivity index (χ1n) is 8.13. The summed E-state index contributed by atoms with van der Waals surface area (Å²) in [5.74, 6) is 1.71. The van der Waals surface area contributed by atoms with Gasteiger partial charge in [0.15, 0.2) is 0 Å². The van der Waals surface area contributed by atoms with Crippen LogP contribution in [0.15, 0.2) is 34.7 Å². The van der Waals surface area contributed by atoms with E-state index < -0.39 is 0 Å². The summed E-state index contributed by atoms with van der Waals surface area (Å²) in [6, 6.07) is 9.97. The number of hydrogen-bond acceptors (Lipinski definition) is 4. The summed E-state index contributed by atoms with van der Waals surface area (Å²) in [5, 5.41) is 0. The van der Waals surface area contributed by atoms with Gasteiger partial charge in [-0.3, -0.25) is 9.69 Å². The van der Waals surface area contributed by atoms with Crippen molar-refractivity contribution in [2.45, 2.75) is 26.8 Å². The summed E-state index contributed by atoms with van der Waals surface area (Å²) in [4.78, 5) is 20.5. The van der Waals surface area contributed by atoms with Crippen molar-refractivity contribution in [3.8, 4) is 11.5 Å². The van der Waals surface area contributed by atoms with Gasteiger partial charge in [0.1, 0.15) is 5.76 Å². The van der Waals surface area contributed by atoms with Crippen LogP contribution in [0.5, 0.6) is 0 Å². The number of aromatic nitrogens is 1. The lowest BCUT2D eigenvalue weighted by molar-refractivity contribution is -0.128. The molecule has 3 rings (SSSR count). The zero-order valence-corrected chi connectivity index (χ0v) is 13.8. The van der Waals surface area contributed by atoms with Crippen LogP contribution in [0.25, 0.3) is 11.5 Å². The van der Waals surface area contributed by atoms with E-state index in [1.165, 1.54) is 0 Å². The first-order chi connectivity index (χ1) is 11.1. The van der Waals surface area contributed by atoms with E-state index in [1.54, 1.807) is 6.92 Å². The molecule has 1 saturated heterocycles. The molecule has 0 saturated carbocycles. The van der Waals surface area contributed by atoms with Crippen LogP contribution in [0.1, 0.15) is 24.8 Å². The number of carbonyl (C=O) groups is 1. The summed E-state index contributed by atoms with van der Waals surface area (Å²) < 4.78 is 5.83. The normalized spacial score (nSPS) is 16.3.